The maximum Gasteiger partial charge on any atom is 0.255 e. The SMILES string of the molecule is Cc1cc(OC2CN(C(=O)c3cc(Br)ccc3Cl)C2)cc(=O)n1C1CC1. The lowest BCUT2D eigenvalue weighted by molar-refractivity contribution is 0.0176. The molecular formula is C19H18BrClN2O3. The summed E-state index contributed by atoms with van der Waals surface area (Å²) in [5, 5.41) is 0.432. The zero-order chi connectivity index (χ0) is 18.4. The van der Waals surface area contributed by atoms with E-state index in [1.54, 1.807) is 29.2 Å². The first-order chi connectivity index (χ1) is 12.4. The van der Waals surface area contributed by atoms with E-state index in [4.69, 9.17) is 16.3 Å². The summed E-state index contributed by atoms with van der Waals surface area (Å²) in [6.45, 7) is 2.89. The van der Waals surface area contributed by atoms with Gasteiger partial charge in [-0.05, 0) is 44.0 Å². The Balaban J connectivity index is 1.40. The molecular weight excluding hydrogens is 420 g/mol. The topological polar surface area (TPSA) is 51.5 Å². The second-order valence-corrected chi connectivity index (χ2v) is 8.17. The number of aromatic nitrogens is 1. The number of halogens is 2. The van der Waals surface area contributed by atoms with E-state index < -0.39 is 0 Å². The van der Waals surface area contributed by atoms with E-state index in [1.165, 1.54) is 0 Å². The molecule has 136 valence electrons. The number of nitrogens with zero attached hydrogens (tertiary/aromatic N) is 2. The monoisotopic (exact) mass is 436 g/mol. The number of benzene rings is 1. The Labute approximate surface area is 164 Å². The molecule has 2 fully saturated rings. The maximum atomic E-state index is 12.5. The average Bonchev–Trinajstić information content (AvgIpc) is 3.36. The highest BCUT2D eigenvalue weighted by molar-refractivity contribution is 9.10. The number of ether oxygens (including phenoxy) is 1. The average molecular weight is 438 g/mol. The van der Waals surface area contributed by atoms with Crippen molar-refractivity contribution >= 4 is 33.4 Å². The van der Waals surface area contributed by atoms with Crippen molar-refractivity contribution in [3.63, 3.8) is 0 Å². The molecule has 1 aliphatic carbocycles. The molecule has 2 heterocycles. The largest absolute Gasteiger partial charge is 0.486 e. The zero-order valence-corrected chi connectivity index (χ0v) is 16.6. The van der Waals surface area contributed by atoms with Gasteiger partial charge in [-0.2, -0.15) is 0 Å². The van der Waals surface area contributed by atoms with Crippen molar-refractivity contribution in [3.8, 4) is 5.75 Å². The molecule has 0 atom stereocenters. The fourth-order valence-electron chi connectivity index (χ4n) is 3.25. The Hall–Kier alpha value is -1.79. The van der Waals surface area contributed by atoms with Crippen LogP contribution in [0.4, 0.5) is 0 Å². The molecule has 1 aliphatic heterocycles. The molecule has 2 aromatic rings. The lowest BCUT2D eigenvalue weighted by Gasteiger charge is -2.39. The number of aryl methyl sites for hydroxylation is 1. The van der Waals surface area contributed by atoms with Crippen molar-refractivity contribution in [1.29, 1.82) is 0 Å². The van der Waals surface area contributed by atoms with Gasteiger partial charge in [0.25, 0.3) is 11.5 Å². The molecule has 5 nitrogen and oxygen atoms in total. The Morgan fingerprint density at radius 3 is 2.62 bits per heavy atom. The molecule has 26 heavy (non-hydrogen) atoms. The molecule has 1 amide bonds. The van der Waals surface area contributed by atoms with Gasteiger partial charge in [-0.25, -0.2) is 0 Å². The highest BCUT2D eigenvalue weighted by Crippen LogP contribution is 2.35. The van der Waals surface area contributed by atoms with Crippen LogP contribution < -0.4 is 10.3 Å². The summed E-state index contributed by atoms with van der Waals surface area (Å²) in [5.41, 5.74) is 1.38. The highest BCUT2D eigenvalue weighted by Gasteiger charge is 2.34. The van der Waals surface area contributed by atoms with Crippen molar-refractivity contribution in [2.45, 2.75) is 31.9 Å². The highest BCUT2D eigenvalue weighted by atomic mass is 79.9. The second-order valence-electron chi connectivity index (χ2n) is 6.85. The molecule has 0 unspecified atom stereocenters. The van der Waals surface area contributed by atoms with Gasteiger partial charge in [0.2, 0.25) is 0 Å². The molecule has 1 saturated carbocycles. The van der Waals surface area contributed by atoms with E-state index >= 15 is 0 Å². The first-order valence-corrected chi connectivity index (χ1v) is 9.73. The Kier molecular flexibility index (Phi) is 4.57. The van der Waals surface area contributed by atoms with E-state index in [0.29, 0.717) is 35.5 Å². The number of pyridine rings is 1. The Bertz CT molecular complexity index is 933. The van der Waals surface area contributed by atoms with Crippen molar-refractivity contribution in [2.75, 3.05) is 13.1 Å². The maximum absolute atomic E-state index is 12.5. The Morgan fingerprint density at radius 1 is 1.23 bits per heavy atom. The van der Waals surface area contributed by atoms with Crippen molar-refractivity contribution in [3.05, 3.63) is 61.4 Å². The van der Waals surface area contributed by atoms with Crippen LogP contribution in [0.2, 0.25) is 5.02 Å². The van der Waals surface area contributed by atoms with Gasteiger partial charge < -0.3 is 14.2 Å². The van der Waals surface area contributed by atoms with Crippen molar-refractivity contribution in [1.82, 2.24) is 9.47 Å². The number of hydrogen-bond acceptors (Lipinski definition) is 3. The summed E-state index contributed by atoms with van der Waals surface area (Å²) < 4.78 is 8.53. The summed E-state index contributed by atoms with van der Waals surface area (Å²) in [6.07, 6.45) is 2.03. The molecule has 0 radical (unpaired) electrons. The summed E-state index contributed by atoms with van der Waals surface area (Å²) >= 11 is 9.48. The van der Waals surface area contributed by atoms with Crippen LogP contribution in [0.1, 0.15) is 34.9 Å². The first kappa shape index (κ1) is 17.6. The van der Waals surface area contributed by atoms with E-state index in [1.807, 2.05) is 17.6 Å². The van der Waals surface area contributed by atoms with Crippen LogP contribution in [0, 0.1) is 6.92 Å². The molecule has 7 heteroatoms. The van der Waals surface area contributed by atoms with Gasteiger partial charge >= 0.3 is 0 Å². The van der Waals surface area contributed by atoms with E-state index in [0.717, 1.165) is 23.0 Å². The van der Waals surface area contributed by atoms with Gasteiger partial charge in [-0.3, -0.25) is 9.59 Å². The lowest BCUT2D eigenvalue weighted by atomic mass is 10.1. The van der Waals surface area contributed by atoms with Crippen molar-refractivity contribution < 1.29 is 9.53 Å². The van der Waals surface area contributed by atoms with Crippen LogP contribution in [0.5, 0.6) is 5.75 Å². The van der Waals surface area contributed by atoms with Crippen LogP contribution in [0.25, 0.3) is 0 Å². The summed E-state index contributed by atoms with van der Waals surface area (Å²) in [4.78, 5) is 26.5. The quantitative estimate of drug-likeness (QED) is 0.731. The van der Waals surface area contributed by atoms with Crippen LogP contribution in [-0.4, -0.2) is 34.6 Å². The molecule has 1 aromatic carbocycles. The van der Waals surface area contributed by atoms with Gasteiger partial charge in [0.05, 0.1) is 23.7 Å². The van der Waals surface area contributed by atoms with Gasteiger partial charge in [0.15, 0.2) is 0 Å². The Morgan fingerprint density at radius 2 is 1.96 bits per heavy atom. The third-order valence-corrected chi connectivity index (χ3v) is 5.57. The van der Waals surface area contributed by atoms with Crippen LogP contribution in [-0.2, 0) is 0 Å². The van der Waals surface area contributed by atoms with Crippen LogP contribution in [0.15, 0.2) is 39.6 Å². The molecule has 1 saturated heterocycles. The number of carbonyl (C=O) groups excluding carboxylic acids is 1. The van der Waals surface area contributed by atoms with E-state index in [9.17, 15) is 9.59 Å². The fourth-order valence-corrected chi connectivity index (χ4v) is 3.81. The van der Waals surface area contributed by atoms with E-state index in [-0.39, 0.29) is 17.6 Å². The number of amides is 1. The summed E-state index contributed by atoms with van der Waals surface area (Å²) in [6, 6.07) is 9.01. The zero-order valence-electron chi connectivity index (χ0n) is 14.2. The predicted octanol–water partition coefficient (Wildman–Crippen LogP) is 3.81. The molecule has 0 N–H and O–H groups in total. The van der Waals surface area contributed by atoms with E-state index in [2.05, 4.69) is 15.9 Å². The van der Waals surface area contributed by atoms with Gasteiger partial charge in [-0.15, -0.1) is 0 Å². The third-order valence-electron chi connectivity index (χ3n) is 4.74. The number of carbonyl (C=O) groups is 1. The minimum atomic E-state index is -0.114. The minimum absolute atomic E-state index is 0.0179. The summed E-state index contributed by atoms with van der Waals surface area (Å²) in [7, 11) is 0. The molecule has 4 rings (SSSR count). The molecule has 2 aliphatic rings. The standard InChI is InChI=1S/C19H18BrClN2O3/c1-11-6-14(8-18(24)23(11)13-3-4-13)26-15-9-22(10-15)19(25)16-7-12(20)2-5-17(16)21/h2,5-8,13,15H,3-4,9-10H2,1H3. The number of rotatable bonds is 4. The number of hydrogen-bond donors (Lipinski definition) is 0. The third kappa shape index (κ3) is 3.40. The predicted molar refractivity (Wildman–Crippen MR) is 103 cm³/mol. The fraction of sp³-hybridized carbons (Fsp3) is 0.368. The number of likely N-dealkylation sites (tertiary alicyclic amines) is 1. The van der Waals surface area contributed by atoms with Crippen LogP contribution in [0.3, 0.4) is 0 Å². The first-order valence-electron chi connectivity index (χ1n) is 8.56. The van der Waals surface area contributed by atoms with Crippen molar-refractivity contribution in [2.24, 2.45) is 0 Å². The smallest absolute Gasteiger partial charge is 0.255 e. The lowest BCUT2D eigenvalue weighted by Crippen LogP contribution is -2.56. The minimum Gasteiger partial charge on any atom is -0.486 e. The van der Waals surface area contributed by atoms with Crippen LogP contribution >= 0.6 is 27.5 Å². The molecule has 0 bridgehead atoms. The van der Waals surface area contributed by atoms with Gasteiger partial charge in [0.1, 0.15) is 11.9 Å². The normalized spacial score (nSPS) is 17.1. The van der Waals surface area contributed by atoms with Gasteiger partial charge in [-0.1, -0.05) is 27.5 Å². The second kappa shape index (κ2) is 6.74. The summed E-state index contributed by atoms with van der Waals surface area (Å²) in [5.74, 6) is 0.457. The molecule has 1 aromatic heterocycles. The molecule has 0 spiro atoms. The van der Waals surface area contributed by atoms with Gasteiger partial charge in [0, 0.05) is 22.3 Å².